The van der Waals surface area contributed by atoms with Gasteiger partial charge in [-0.2, -0.15) is 0 Å². The normalized spacial score (nSPS) is 11.6. The van der Waals surface area contributed by atoms with E-state index in [0.29, 0.717) is 12.0 Å². The number of benzene rings is 2. The summed E-state index contributed by atoms with van der Waals surface area (Å²) < 4.78 is 27.0. The van der Waals surface area contributed by atoms with Crippen LogP contribution < -0.4 is 0 Å². The molecule has 4 heteroatoms. The summed E-state index contributed by atoms with van der Waals surface area (Å²) in [5, 5.41) is 1.47. The van der Waals surface area contributed by atoms with Gasteiger partial charge in [0.15, 0.2) is 0 Å². The van der Waals surface area contributed by atoms with Gasteiger partial charge in [-0.15, -0.1) is 0 Å². The molecule has 0 aliphatic carbocycles. The maximum Gasteiger partial charge on any atom is 0.129 e. The van der Waals surface area contributed by atoms with Crippen LogP contribution in [-0.2, 0) is 12.8 Å². The highest BCUT2D eigenvalue weighted by Gasteiger charge is 2.29. The van der Waals surface area contributed by atoms with Crippen LogP contribution in [0, 0.1) is 17.0 Å². The monoisotopic (exact) mass is 416 g/mol. The van der Waals surface area contributed by atoms with Crippen LogP contribution in [0.5, 0.6) is 0 Å². The Hall–Kier alpha value is -0.740. The van der Waals surface area contributed by atoms with Crippen LogP contribution >= 0.6 is 31.9 Å². The van der Waals surface area contributed by atoms with Crippen molar-refractivity contribution in [2.24, 2.45) is 5.41 Å². The predicted molar refractivity (Wildman–Crippen MR) is 90.2 cm³/mol. The molecule has 0 spiro atoms. The molecule has 0 aliphatic rings. The first-order valence-electron chi connectivity index (χ1n) is 6.68. The van der Waals surface area contributed by atoms with E-state index in [1.54, 1.807) is 0 Å². The van der Waals surface area contributed by atoms with E-state index in [4.69, 9.17) is 0 Å². The lowest BCUT2D eigenvalue weighted by Gasteiger charge is -2.30. The third kappa shape index (κ3) is 4.36. The molecule has 2 aromatic carbocycles. The second kappa shape index (κ2) is 7.50. The highest BCUT2D eigenvalue weighted by atomic mass is 79.9. The van der Waals surface area contributed by atoms with Crippen LogP contribution in [0.3, 0.4) is 0 Å². The molecule has 0 unspecified atom stereocenters. The molecule has 0 saturated carbocycles. The average molecular weight is 418 g/mol. The second-order valence-corrected chi connectivity index (χ2v) is 6.46. The molecule has 0 amide bonds. The zero-order chi connectivity index (χ0) is 15.3. The zero-order valence-corrected chi connectivity index (χ0v) is 14.6. The number of hydrogen-bond donors (Lipinski definition) is 0. The summed E-state index contributed by atoms with van der Waals surface area (Å²) in [5.41, 5.74) is 1.60. The fourth-order valence-electron chi connectivity index (χ4n) is 2.39. The Morgan fingerprint density at radius 2 is 1.52 bits per heavy atom. The van der Waals surface area contributed by atoms with Gasteiger partial charge in [0.2, 0.25) is 0 Å². The maximum absolute atomic E-state index is 13.9. The molecule has 0 radical (unpaired) electrons. The van der Waals surface area contributed by atoms with Gasteiger partial charge in [-0.05, 0) is 35.4 Å². The summed E-state index contributed by atoms with van der Waals surface area (Å²) in [6.45, 7) is 0. The summed E-state index contributed by atoms with van der Waals surface area (Å²) in [7, 11) is 0. The lowest BCUT2D eigenvalue weighted by Crippen LogP contribution is -2.31. The van der Waals surface area contributed by atoms with Crippen LogP contribution in [0.2, 0.25) is 0 Å². The Labute approximate surface area is 140 Å². The Morgan fingerprint density at radius 3 is 2.10 bits per heavy atom. The van der Waals surface area contributed by atoms with Gasteiger partial charge in [-0.25, -0.2) is 8.78 Å². The first-order chi connectivity index (χ1) is 10.1. The molecule has 0 aliphatic heterocycles. The topological polar surface area (TPSA) is 0 Å². The molecule has 0 nitrogen and oxygen atoms in total. The van der Waals surface area contributed by atoms with E-state index in [1.165, 1.54) is 17.7 Å². The molecule has 0 N–H and O–H groups in total. The number of hydrogen-bond acceptors (Lipinski definition) is 0. The summed E-state index contributed by atoms with van der Waals surface area (Å²) >= 11 is 7.12. The van der Waals surface area contributed by atoms with Crippen LogP contribution in [-0.4, -0.2) is 10.7 Å². The second-order valence-electron chi connectivity index (χ2n) is 5.34. The molecule has 0 aromatic heterocycles. The standard InChI is InChI=1S/C17H16Br2F2/c18-11-17(12-19,9-13-4-2-1-3-5-13)10-14-6-7-15(20)8-16(14)21/h1-8H,9-12H2. The van der Waals surface area contributed by atoms with Gasteiger partial charge in [0.25, 0.3) is 0 Å². The van der Waals surface area contributed by atoms with Crippen molar-refractivity contribution < 1.29 is 8.78 Å². The van der Waals surface area contributed by atoms with Crippen LogP contribution in [0.25, 0.3) is 0 Å². The minimum atomic E-state index is -0.539. The molecule has 2 aromatic rings. The fraction of sp³-hybridized carbons (Fsp3) is 0.294. The van der Waals surface area contributed by atoms with Crippen LogP contribution in [0.1, 0.15) is 11.1 Å². The predicted octanol–water partition coefficient (Wildman–Crippen LogP) is 5.53. The van der Waals surface area contributed by atoms with Gasteiger partial charge in [-0.1, -0.05) is 68.3 Å². The van der Waals surface area contributed by atoms with E-state index < -0.39 is 11.6 Å². The molecule has 0 saturated heterocycles. The quantitative estimate of drug-likeness (QED) is 0.542. The third-order valence-corrected chi connectivity index (χ3v) is 5.95. The minimum absolute atomic E-state index is 0.153. The van der Waals surface area contributed by atoms with Gasteiger partial charge >= 0.3 is 0 Å². The van der Waals surface area contributed by atoms with E-state index in [0.717, 1.165) is 23.1 Å². The molecule has 21 heavy (non-hydrogen) atoms. The van der Waals surface area contributed by atoms with Crippen molar-refractivity contribution in [3.63, 3.8) is 0 Å². The number of alkyl halides is 2. The molecule has 0 heterocycles. The molecule has 0 atom stereocenters. The summed E-state index contributed by atoms with van der Waals surface area (Å²) in [6, 6.07) is 13.9. The Bertz CT molecular complexity index is 581. The first kappa shape index (κ1) is 16.6. The van der Waals surface area contributed by atoms with Crippen molar-refractivity contribution in [1.82, 2.24) is 0 Å². The van der Waals surface area contributed by atoms with Gasteiger partial charge in [0.05, 0.1) is 0 Å². The molecular formula is C17H16Br2F2. The summed E-state index contributed by atoms with van der Waals surface area (Å²) in [4.78, 5) is 0. The van der Waals surface area contributed by atoms with E-state index in [1.807, 2.05) is 18.2 Å². The van der Waals surface area contributed by atoms with Crippen molar-refractivity contribution in [2.45, 2.75) is 12.8 Å². The minimum Gasteiger partial charge on any atom is -0.207 e. The Morgan fingerprint density at radius 1 is 0.857 bits per heavy atom. The number of rotatable bonds is 6. The SMILES string of the molecule is Fc1ccc(CC(CBr)(CBr)Cc2ccccc2)c(F)c1. The van der Waals surface area contributed by atoms with Gasteiger partial charge in [-0.3, -0.25) is 0 Å². The van der Waals surface area contributed by atoms with Crippen LogP contribution in [0.15, 0.2) is 48.5 Å². The van der Waals surface area contributed by atoms with Crippen molar-refractivity contribution in [2.75, 3.05) is 10.7 Å². The lowest BCUT2D eigenvalue weighted by atomic mass is 9.80. The smallest absolute Gasteiger partial charge is 0.129 e. The average Bonchev–Trinajstić information content (AvgIpc) is 2.50. The fourth-order valence-corrected chi connectivity index (χ4v) is 4.11. The van der Waals surface area contributed by atoms with E-state index in [9.17, 15) is 8.78 Å². The van der Waals surface area contributed by atoms with Gasteiger partial charge < -0.3 is 0 Å². The zero-order valence-electron chi connectivity index (χ0n) is 11.5. The lowest BCUT2D eigenvalue weighted by molar-refractivity contribution is 0.378. The molecule has 0 bridgehead atoms. The van der Waals surface area contributed by atoms with Crippen molar-refractivity contribution >= 4 is 31.9 Å². The van der Waals surface area contributed by atoms with Gasteiger partial charge in [0.1, 0.15) is 11.6 Å². The Kier molecular flexibility index (Phi) is 5.94. The maximum atomic E-state index is 13.9. The molecule has 2 rings (SSSR count). The highest BCUT2D eigenvalue weighted by Crippen LogP contribution is 2.33. The van der Waals surface area contributed by atoms with Crippen molar-refractivity contribution in [1.29, 1.82) is 0 Å². The molecular weight excluding hydrogens is 402 g/mol. The number of halogens is 4. The van der Waals surface area contributed by atoms with E-state index in [-0.39, 0.29) is 5.41 Å². The van der Waals surface area contributed by atoms with E-state index >= 15 is 0 Å². The van der Waals surface area contributed by atoms with Crippen LogP contribution in [0.4, 0.5) is 8.78 Å². The summed E-state index contributed by atoms with van der Waals surface area (Å²) in [5.74, 6) is -1.02. The Balaban J connectivity index is 2.25. The van der Waals surface area contributed by atoms with Crippen molar-refractivity contribution in [3.05, 3.63) is 71.3 Å². The van der Waals surface area contributed by atoms with Crippen molar-refractivity contribution in [3.8, 4) is 0 Å². The van der Waals surface area contributed by atoms with E-state index in [2.05, 4.69) is 44.0 Å². The first-order valence-corrected chi connectivity index (χ1v) is 8.93. The third-order valence-electron chi connectivity index (χ3n) is 3.57. The van der Waals surface area contributed by atoms with Gasteiger partial charge in [0, 0.05) is 16.7 Å². The highest BCUT2D eigenvalue weighted by molar-refractivity contribution is 9.09. The summed E-state index contributed by atoms with van der Waals surface area (Å²) in [6.07, 6.45) is 1.37. The molecule has 112 valence electrons. The molecule has 0 fully saturated rings. The largest absolute Gasteiger partial charge is 0.207 e.